The van der Waals surface area contributed by atoms with Gasteiger partial charge in [-0.2, -0.15) is 0 Å². The molecule has 1 amide bonds. The predicted octanol–water partition coefficient (Wildman–Crippen LogP) is 2.46. The summed E-state index contributed by atoms with van der Waals surface area (Å²) < 4.78 is 5.56. The molecule has 0 saturated carbocycles. The summed E-state index contributed by atoms with van der Waals surface area (Å²) in [4.78, 5) is 18.7. The van der Waals surface area contributed by atoms with E-state index in [1.54, 1.807) is 24.3 Å². The largest absolute Gasteiger partial charge is 0.484 e. The molecule has 0 bridgehead atoms. The number of aromatic nitrogens is 2. The van der Waals surface area contributed by atoms with Gasteiger partial charge in [0.1, 0.15) is 5.75 Å². The van der Waals surface area contributed by atoms with E-state index in [0.29, 0.717) is 23.9 Å². The van der Waals surface area contributed by atoms with E-state index in [1.165, 1.54) is 12.8 Å². The number of carbonyl (C=O) groups is 1. The molecule has 28 heavy (non-hydrogen) atoms. The van der Waals surface area contributed by atoms with Crippen molar-refractivity contribution in [3.05, 3.63) is 41.4 Å². The molecule has 2 aliphatic heterocycles. The van der Waals surface area contributed by atoms with Gasteiger partial charge in [-0.15, -0.1) is 10.2 Å². The first-order chi connectivity index (χ1) is 13.7. The Bertz CT molecular complexity index is 785. The molecule has 3 heterocycles. The fourth-order valence-corrected chi connectivity index (χ4v) is 3.68. The normalized spacial score (nSPS) is 17.1. The van der Waals surface area contributed by atoms with Crippen LogP contribution in [0.4, 0.5) is 11.6 Å². The Balaban J connectivity index is 1.25. The van der Waals surface area contributed by atoms with Crippen molar-refractivity contribution in [1.29, 1.82) is 0 Å². The number of hydrogen-bond donors (Lipinski definition) is 0. The molecule has 1 aromatic carbocycles. The lowest BCUT2D eigenvalue weighted by Gasteiger charge is -2.35. The van der Waals surface area contributed by atoms with Gasteiger partial charge in [-0.25, -0.2) is 0 Å². The number of rotatable bonds is 5. The minimum absolute atomic E-state index is 0.00920. The van der Waals surface area contributed by atoms with Crippen molar-refractivity contribution in [2.24, 2.45) is 0 Å². The Labute approximate surface area is 169 Å². The standard InChI is InChI=1S/C20H24ClN5O2/c21-16-3-5-17(6-4-16)28-15-20(27)26-13-11-25(12-14-26)19-8-7-18(22-23-19)24-9-1-2-10-24/h3-8H,1-2,9-15H2. The molecule has 0 radical (unpaired) electrons. The highest BCUT2D eigenvalue weighted by Crippen LogP contribution is 2.20. The third-order valence-electron chi connectivity index (χ3n) is 5.20. The molecule has 2 aliphatic rings. The molecule has 1 aromatic heterocycles. The minimum Gasteiger partial charge on any atom is -0.484 e. The Morgan fingerprint density at radius 3 is 2.00 bits per heavy atom. The van der Waals surface area contributed by atoms with E-state index >= 15 is 0 Å². The number of benzene rings is 1. The van der Waals surface area contributed by atoms with Crippen LogP contribution >= 0.6 is 11.6 Å². The van der Waals surface area contributed by atoms with Crippen LogP contribution in [0, 0.1) is 0 Å². The van der Waals surface area contributed by atoms with E-state index in [0.717, 1.165) is 37.8 Å². The molecule has 0 aliphatic carbocycles. The van der Waals surface area contributed by atoms with Crippen LogP contribution in [0.3, 0.4) is 0 Å². The number of amides is 1. The predicted molar refractivity (Wildman–Crippen MR) is 109 cm³/mol. The van der Waals surface area contributed by atoms with Gasteiger partial charge in [0.2, 0.25) is 0 Å². The molecule has 7 nitrogen and oxygen atoms in total. The highest BCUT2D eigenvalue weighted by molar-refractivity contribution is 6.30. The molecule has 0 spiro atoms. The lowest BCUT2D eigenvalue weighted by molar-refractivity contribution is -0.133. The zero-order valence-corrected chi connectivity index (χ0v) is 16.5. The molecular weight excluding hydrogens is 378 g/mol. The van der Waals surface area contributed by atoms with Crippen molar-refractivity contribution >= 4 is 29.1 Å². The first-order valence-electron chi connectivity index (χ1n) is 9.69. The summed E-state index contributed by atoms with van der Waals surface area (Å²) >= 11 is 5.85. The number of halogens is 1. The van der Waals surface area contributed by atoms with Gasteiger partial charge in [-0.05, 0) is 49.2 Å². The van der Waals surface area contributed by atoms with Gasteiger partial charge in [0, 0.05) is 44.3 Å². The average molecular weight is 402 g/mol. The first kappa shape index (κ1) is 18.8. The van der Waals surface area contributed by atoms with E-state index in [1.807, 2.05) is 17.0 Å². The van der Waals surface area contributed by atoms with Crippen LogP contribution in [0.2, 0.25) is 5.02 Å². The van der Waals surface area contributed by atoms with Gasteiger partial charge < -0.3 is 19.4 Å². The van der Waals surface area contributed by atoms with E-state index in [-0.39, 0.29) is 12.5 Å². The molecule has 2 saturated heterocycles. The van der Waals surface area contributed by atoms with Crippen LogP contribution in [0.15, 0.2) is 36.4 Å². The smallest absolute Gasteiger partial charge is 0.260 e. The summed E-state index contributed by atoms with van der Waals surface area (Å²) in [6.07, 6.45) is 2.45. The van der Waals surface area contributed by atoms with Crippen molar-refractivity contribution in [3.8, 4) is 5.75 Å². The molecule has 2 aromatic rings. The first-order valence-corrected chi connectivity index (χ1v) is 10.1. The molecule has 2 fully saturated rings. The van der Waals surface area contributed by atoms with Gasteiger partial charge in [0.05, 0.1) is 0 Å². The third kappa shape index (κ3) is 4.47. The fourth-order valence-electron chi connectivity index (χ4n) is 3.55. The van der Waals surface area contributed by atoms with E-state index in [4.69, 9.17) is 16.3 Å². The van der Waals surface area contributed by atoms with Crippen molar-refractivity contribution in [2.75, 3.05) is 55.7 Å². The average Bonchev–Trinajstić information content (AvgIpc) is 3.28. The Kier molecular flexibility index (Phi) is 5.81. The second kappa shape index (κ2) is 8.65. The van der Waals surface area contributed by atoms with Crippen LogP contribution in [-0.2, 0) is 4.79 Å². The fraction of sp³-hybridized carbons (Fsp3) is 0.450. The summed E-state index contributed by atoms with van der Waals surface area (Å²) in [7, 11) is 0. The molecule has 4 rings (SSSR count). The number of hydrogen-bond acceptors (Lipinski definition) is 6. The molecule has 0 unspecified atom stereocenters. The number of piperazine rings is 1. The summed E-state index contributed by atoms with van der Waals surface area (Å²) in [5.74, 6) is 2.46. The molecule has 0 N–H and O–H groups in total. The minimum atomic E-state index is -0.00920. The number of anilines is 2. The van der Waals surface area contributed by atoms with E-state index in [9.17, 15) is 4.79 Å². The zero-order valence-electron chi connectivity index (χ0n) is 15.8. The molecule has 0 atom stereocenters. The Morgan fingerprint density at radius 2 is 1.43 bits per heavy atom. The van der Waals surface area contributed by atoms with Crippen LogP contribution < -0.4 is 14.5 Å². The van der Waals surface area contributed by atoms with Gasteiger partial charge >= 0.3 is 0 Å². The zero-order chi connectivity index (χ0) is 19.3. The third-order valence-corrected chi connectivity index (χ3v) is 5.45. The van der Waals surface area contributed by atoms with Crippen molar-refractivity contribution < 1.29 is 9.53 Å². The van der Waals surface area contributed by atoms with Crippen LogP contribution in [0.1, 0.15) is 12.8 Å². The number of ether oxygens (including phenoxy) is 1. The second-order valence-corrected chi connectivity index (χ2v) is 7.49. The van der Waals surface area contributed by atoms with Gasteiger partial charge in [-0.3, -0.25) is 4.79 Å². The maximum absolute atomic E-state index is 12.4. The lowest BCUT2D eigenvalue weighted by Crippen LogP contribution is -2.50. The number of carbonyl (C=O) groups excluding carboxylic acids is 1. The van der Waals surface area contributed by atoms with Gasteiger partial charge in [-0.1, -0.05) is 11.6 Å². The summed E-state index contributed by atoms with van der Waals surface area (Å²) in [6, 6.07) is 11.1. The maximum atomic E-state index is 12.4. The monoisotopic (exact) mass is 401 g/mol. The van der Waals surface area contributed by atoms with E-state index < -0.39 is 0 Å². The highest BCUT2D eigenvalue weighted by Gasteiger charge is 2.23. The van der Waals surface area contributed by atoms with Crippen molar-refractivity contribution in [3.63, 3.8) is 0 Å². The SMILES string of the molecule is O=C(COc1ccc(Cl)cc1)N1CCN(c2ccc(N3CCCC3)nn2)CC1. The Morgan fingerprint density at radius 1 is 0.857 bits per heavy atom. The van der Waals surface area contributed by atoms with Crippen molar-refractivity contribution in [1.82, 2.24) is 15.1 Å². The quantitative estimate of drug-likeness (QED) is 0.767. The van der Waals surface area contributed by atoms with Crippen LogP contribution in [0.5, 0.6) is 5.75 Å². The lowest BCUT2D eigenvalue weighted by atomic mass is 10.3. The summed E-state index contributed by atoms with van der Waals surface area (Å²) in [5.41, 5.74) is 0. The topological polar surface area (TPSA) is 61.8 Å². The van der Waals surface area contributed by atoms with Crippen LogP contribution in [0.25, 0.3) is 0 Å². The molecular formula is C20H24ClN5O2. The second-order valence-electron chi connectivity index (χ2n) is 7.05. The van der Waals surface area contributed by atoms with E-state index in [2.05, 4.69) is 20.0 Å². The maximum Gasteiger partial charge on any atom is 0.260 e. The summed E-state index contributed by atoms with van der Waals surface area (Å²) in [5, 5.41) is 9.42. The molecule has 148 valence electrons. The highest BCUT2D eigenvalue weighted by atomic mass is 35.5. The summed E-state index contributed by atoms with van der Waals surface area (Å²) in [6.45, 7) is 4.94. The van der Waals surface area contributed by atoms with Gasteiger partial charge in [0.15, 0.2) is 18.2 Å². The Hall–Kier alpha value is -2.54. The number of nitrogens with zero attached hydrogens (tertiary/aromatic N) is 5. The van der Waals surface area contributed by atoms with Gasteiger partial charge in [0.25, 0.3) is 5.91 Å². The van der Waals surface area contributed by atoms with Crippen LogP contribution in [-0.4, -0.2) is 66.9 Å². The van der Waals surface area contributed by atoms with Crippen molar-refractivity contribution in [2.45, 2.75) is 12.8 Å². The molecule has 8 heteroatoms.